The smallest absolute Gasteiger partial charge is 0.159 e. The normalized spacial score (nSPS) is 15.4. The number of nitrogens with zero attached hydrogens (tertiary/aromatic N) is 4. The van der Waals surface area contributed by atoms with Gasteiger partial charge in [-0.3, -0.25) is 9.69 Å². The molecule has 0 unspecified atom stereocenters. The van der Waals surface area contributed by atoms with E-state index in [0.717, 1.165) is 43.9 Å². The number of ketones is 1. The van der Waals surface area contributed by atoms with Crippen LogP contribution in [0.25, 0.3) is 11.0 Å². The van der Waals surface area contributed by atoms with Crippen molar-refractivity contribution in [3.63, 3.8) is 0 Å². The predicted octanol–water partition coefficient (Wildman–Crippen LogP) is 3.64. The second-order valence-corrected chi connectivity index (χ2v) is 7.49. The predicted molar refractivity (Wildman–Crippen MR) is 109 cm³/mol. The molecule has 0 atom stereocenters. The van der Waals surface area contributed by atoms with Crippen LogP contribution in [-0.4, -0.2) is 46.4 Å². The second kappa shape index (κ2) is 7.16. The van der Waals surface area contributed by atoms with Crippen molar-refractivity contribution in [3.05, 3.63) is 59.4 Å². The Hall–Kier alpha value is -2.66. The molecule has 0 aliphatic carbocycles. The van der Waals surface area contributed by atoms with E-state index in [1.807, 2.05) is 18.5 Å². The van der Waals surface area contributed by atoms with Crippen molar-refractivity contribution in [2.75, 3.05) is 31.1 Å². The van der Waals surface area contributed by atoms with E-state index < -0.39 is 0 Å². The van der Waals surface area contributed by atoms with Gasteiger partial charge in [0.15, 0.2) is 5.78 Å². The summed E-state index contributed by atoms with van der Waals surface area (Å²) in [5.41, 5.74) is 6.84. The van der Waals surface area contributed by atoms with Gasteiger partial charge in [0, 0.05) is 37.4 Å². The number of hydrogen-bond acceptors (Lipinski definition) is 4. The van der Waals surface area contributed by atoms with Gasteiger partial charge in [-0.05, 0) is 68.3 Å². The number of carbonyl (C=O) groups excluding carboxylic acids is 1. The summed E-state index contributed by atoms with van der Waals surface area (Å²) in [5.74, 6) is 0.115. The Kier molecular flexibility index (Phi) is 4.70. The molecule has 2 aromatic carbocycles. The summed E-state index contributed by atoms with van der Waals surface area (Å²) >= 11 is 0. The minimum Gasteiger partial charge on any atom is -0.369 e. The maximum absolute atomic E-state index is 11.4. The first-order valence-electron chi connectivity index (χ1n) is 9.51. The van der Waals surface area contributed by atoms with Crippen molar-refractivity contribution >= 4 is 22.5 Å². The third-order valence-corrected chi connectivity index (χ3v) is 5.60. The van der Waals surface area contributed by atoms with Crippen LogP contribution in [0.2, 0.25) is 0 Å². The Labute approximate surface area is 160 Å². The van der Waals surface area contributed by atoms with Gasteiger partial charge in [0.25, 0.3) is 0 Å². The van der Waals surface area contributed by atoms with Gasteiger partial charge >= 0.3 is 0 Å². The van der Waals surface area contributed by atoms with Crippen LogP contribution in [0, 0.1) is 13.8 Å². The number of carbonyl (C=O) groups is 1. The van der Waals surface area contributed by atoms with E-state index in [1.54, 1.807) is 6.92 Å². The second-order valence-electron chi connectivity index (χ2n) is 7.49. The average Bonchev–Trinajstić information content (AvgIpc) is 3.04. The van der Waals surface area contributed by atoms with E-state index >= 15 is 0 Å². The zero-order valence-corrected chi connectivity index (χ0v) is 16.3. The highest BCUT2D eigenvalue weighted by molar-refractivity contribution is 5.94. The first-order valence-corrected chi connectivity index (χ1v) is 9.51. The van der Waals surface area contributed by atoms with Gasteiger partial charge in [-0.25, -0.2) is 4.98 Å². The van der Waals surface area contributed by atoms with Crippen LogP contribution in [0.15, 0.2) is 42.7 Å². The largest absolute Gasteiger partial charge is 0.369 e. The van der Waals surface area contributed by atoms with Gasteiger partial charge in [0.05, 0.1) is 24.0 Å². The molecule has 3 aromatic rings. The summed E-state index contributed by atoms with van der Waals surface area (Å²) < 4.78 is 2.25. The van der Waals surface area contributed by atoms with Gasteiger partial charge in [-0.15, -0.1) is 0 Å². The molecule has 1 saturated heterocycles. The molecule has 0 bridgehead atoms. The Balaban J connectivity index is 1.41. The number of aromatic nitrogens is 2. The van der Waals surface area contributed by atoms with Crippen molar-refractivity contribution in [1.82, 2.24) is 14.5 Å². The van der Waals surface area contributed by atoms with Gasteiger partial charge in [-0.2, -0.15) is 0 Å². The van der Waals surface area contributed by atoms with Gasteiger partial charge < -0.3 is 9.47 Å². The molecule has 0 N–H and O–H groups in total. The Morgan fingerprint density at radius 1 is 1.00 bits per heavy atom. The molecule has 4 rings (SSSR count). The van der Waals surface area contributed by atoms with E-state index in [-0.39, 0.29) is 5.78 Å². The van der Waals surface area contributed by atoms with Crippen LogP contribution < -0.4 is 4.90 Å². The van der Waals surface area contributed by atoms with E-state index in [2.05, 4.69) is 57.5 Å². The fraction of sp³-hybridized carbons (Fsp3) is 0.364. The molecule has 5 nitrogen and oxygen atoms in total. The van der Waals surface area contributed by atoms with Gasteiger partial charge in [-0.1, -0.05) is 0 Å². The minimum atomic E-state index is 0.115. The third-order valence-electron chi connectivity index (χ3n) is 5.60. The molecule has 0 radical (unpaired) electrons. The first-order chi connectivity index (χ1) is 13.0. The van der Waals surface area contributed by atoms with Crippen LogP contribution in [0.5, 0.6) is 0 Å². The molecule has 1 aliphatic heterocycles. The zero-order chi connectivity index (χ0) is 19.0. The standard InChI is InChI=1S/C22H26N4O/c1-16-12-21-22(13-17(16)2)26(14-23-21)15-24-8-10-25(11-9-24)20-6-4-19(5-7-20)18(3)27/h4-7,12-14H,8-11,15H2,1-3H3. The number of piperazine rings is 1. The highest BCUT2D eigenvalue weighted by atomic mass is 16.1. The fourth-order valence-electron chi connectivity index (χ4n) is 3.70. The maximum Gasteiger partial charge on any atom is 0.159 e. The number of imidazole rings is 1. The molecular formula is C22H26N4O. The molecule has 5 heteroatoms. The molecule has 1 aromatic heterocycles. The quantitative estimate of drug-likeness (QED) is 0.665. The van der Waals surface area contributed by atoms with Gasteiger partial charge in [0.2, 0.25) is 0 Å². The summed E-state index contributed by atoms with van der Waals surface area (Å²) in [6.07, 6.45) is 1.95. The summed E-state index contributed by atoms with van der Waals surface area (Å²) in [4.78, 5) is 20.9. The topological polar surface area (TPSA) is 41.4 Å². The van der Waals surface area contributed by atoms with E-state index in [1.165, 1.54) is 22.3 Å². The molecular weight excluding hydrogens is 336 g/mol. The summed E-state index contributed by atoms with van der Waals surface area (Å²) in [6.45, 7) is 10.8. The third kappa shape index (κ3) is 3.60. The number of anilines is 1. The lowest BCUT2D eigenvalue weighted by molar-refractivity contribution is 0.101. The van der Waals surface area contributed by atoms with Crippen molar-refractivity contribution in [2.24, 2.45) is 0 Å². The van der Waals surface area contributed by atoms with Crippen LogP contribution in [0.4, 0.5) is 5.69 Å². The van der Waals surface area contributed by atoms with E-state index in [4.69, 9.17) is 0 Å². The number of aryl methyl sites for hydroxylation is 2. The number of Topliss-reactive ketones (excluding diaryl/α,β-unsaturated/α-hetero) is 1. The Morgan fingerprint density at radius 2 is 1.67 bits per heavy atom. The number of benzene rings is 2. The Bertz CT molecular complexity index is 966. The Morgan fingerprint density at radius 3 is 2.33 bits per heavy atom. The summed E-state index contributed by atoms with van der Waals surface area (Å²) in [5, 5.41) is 0. The monoisotopic (exact) mass is 362 g/mol. The summed E-state index contributed by atoms with van der Waals surface area (Å²) in [6, 6.07) is 12.4. The highest BCUT2D eigenvalue weighted by Crippen LogP contribution is 2.21. The molecule has 1 fully saturated rings. The highest BCUT2D eigenvalue weighted by Gasteiger charge is 2.18. The van der Waals surface area contributed by atoms with E-state index in [0.29, 0.717) is 0 Å². The minimum absolute atomic E-state index is 0.115. The average molecular weight is 362 g/mol. The molecule has 140 valence electrons. The number of hydrogen-bond donors (Lipinski definition) is 0. The lowest BCUT2D eigenvalue weighted by Gasteiger charge is -2.36. The lowest BCUT2D eigenvalue weighted by atomic mass is 10.1. The lowest BCUT2D eigenvalue weighted by Crippen LogP contribution is -2.46. The fourth-order valence-corrected chi connectivity index (χ4v) is 3.70. The van der Waals surface area contributed by atoms with Crippen molar-refractivity contribution in [2.45, 2.75) is 27.4 Å². The van der Waals surface area contributed by atoms with Crippen molar-refractivity contribution in [3.8, 4) is 0 Å². The molecule has 2 heterocycles. The molecule has 0 spiro atoms. The number of fused-ring (bicyclic) bond motifs is 1. The van der Waals surface area contributed by atoms with Crippen molar-refractivity contribution in [1.29, 1.82) is 0 Å². The summed E-state index contributed by atoms with van der Waals surface area (Å²) in [7, 11) is 0. The van der Waals surface area contributed by atoms with E-state index in [9.17, 15) is 4.79 Å². The van der Waals surface area contributed by atoms with Crippen molar-refractivity contribution < 1.29 is 4.79 Å². The zero-order valence-electron chi connectivity index (χ0n) is 16.3. The maximum atomic E-state index is 11.4. The first kappa shape index (κ1) is 17.7. The van der Waals surface area contributed by atoms with Crippen LogP contribution in [-0.2, 0) is 6.67 Å². The molecule has 0 amide bonds. The van der Waals surface area contributed by atoms with Crippen LogP contribution in [0.3, 0.4) is 0 Å². The van der Waals surface area contributed by atoms with Crippen LogP contribution in [0.1, 0.15) is 28.4 Å². The molecule has 27 heavy (non-hydrogen) atoms. The number of rotatable bonds is 4. The van der Waals surface area contributed by atoms with Gasteiger partial charge in [0.1, 0.15) is 0 Å². The molecule has 1 aliphatic rings. The SMILES string of the molecule is CC(=O)c1ccc(N2CCN(Cn3cnc4cc(C)c(C)cc43)CC2)cc1. The van der Waals surface area contributed by atoms with Crippen LogP contribution >= 0.6 is 0 Å². The molecule has 0 saturated carbocycles.